The van der Waals surface area contributed by atoms with Crippen molar-refractivity contribution in [1.29, 1.82) is 0 Å². The van der Waals surface area contributed by atoms with Gasteiger partial charge in [-0.3, -0.25) is 4.21 Å². The van der Waals surface area contributed by atoms with Gasteiger partial charge in [-0.2, -0.15) is 13.2 Å². The highest BCUT2D eigenvalue weighted by Gasteiger charge is 2.28. The minimum absolute atomic E-state index is 0.144. The second-order valence-electron chi connectivity index (χ2n) is 3.10. The molecule has 0 saturated carbocycles. The molecule has 0 aliphatic heterocycles. The first kappa shape index (κ1) is 13.3. The third-order valence-corrected chi connectivity index (χ3v) is 3.62. The van der Waals surface area contributed by atoms with Crippen LogP contribution in [-0.2, 0) is 10.8 Å². The largest absolute Gasteiger partial charge is 0.399 e. The lowest BCUT2D eigenvalue weighted by Crippen LogP contribution is -2.13. The summed E-state index contributed by atoms with van der Waals surface area (Å²) in [7, 11) is -1.78. The Morgan fingerprint density at radius 3 is 2.56 bits per heavy atom. The van der Waals surface area contributed by atoms with E-state index in [1.54, 1.807) is 0 Å². The van der Waals surface area contributed by atoms with E-state index in [2.05, 4.69) is 0 Å². The molecule has 0 bridgehead atoms. The second kappa shape index (κ2) is 5.05. The summed E-state index contributed by atoms with van der Waals surface area (Å²) >= 11 is 5.71. The number of anilines is 1. The van der Waals surface area contributed by atoms with Gasteiger partial charge in [-0.05, 0) is 18.2 Å². The first-order chi connectivity index (χ1) is 7.29. The van der Waals surface area contributed by atoms with Crippen molar-refractivity contribution in [1.82, 2.24) is 0 Å². The summed E-state index contributed by atoms with van der Waals surface area (Å²) in [5, 5.41) is 0.162. The first-order valence-electron chi connectivity index (χ1n) is 4.30. The van der Waals surface area contributed by atoms with Gasteiger partial charge in [0.2, 0.25) is 0 Å². The van der Waals surface area contributed by atoms with Gasteiger partial charge in [0.15, 0.2) is 0 Å². The van der Waals surface area contributed by atoms with Crippen LogP contribution in [0.5, 0.6) is 0 Å². The number of benzene rings is 1. The van der Waals surface area contributed by atoms with Gasteiger partial charge in [-0.15, -0.1) is 0 Å². The third-order valence-electron chi connectivity index (χ3n) is 1.77. The maximum absolute atomic E-state index is 11.9. The molecule has 0 aromatic heterocycles. The fraction of sp³-hybridized carbons (Fsp3) is 0.333. The van der Waals surface area contributed by atoms with E-state index in [0.29, 0.717) is 5.69 Å². The molecule has 16 heavy (non-hydrogen) atoms. The highest BCUT2D eigenvalue weighted by molar-refractivity contribution is 7.85. The van der Waals surface area contributed by atoms with E-state index in [9.17, 15) is 17.4 Å². The smallest absolute Gasteiger partial charge is 0.390 e. The van der Waals surface area contributed by atoms with Gasteiger partial charge in [0.1, 0.15) is 0 Å². The van der Waals surface area contributed by atoms with Crippen molar-refractivity contribution < 1.29 is 17.4 Å². The van der Waals surface area contributed by atoms with E-state index in [4.69, 9.17) is 17.3 Å². The summed E-state index contributed by atoms with van der Waals surface area (Å²) in [6.45, 7) is 0. The average molecular weight is 272 g/mol. The van der Waals surface area contributed by atoms with Crippen molar-refractivity contribution in [3.63, 3.8) is 0 Å². The second-order valence-corrected chi connectivity index (χ2v) is 5.05. The third kappa shape index (κ3) is 4.02. The molecular weight excluding hydrogens is 263 g/mol. The zero-order chi connectivity index (χ0) is 12.3. The summed E-state index contributed by atoms with van der Waals surface area (Å²) in [5.74, 6) is -0.507. The molecule has 0 heterocycles. The van der Waals surface area contributed by atoms with Crippen molar-refractivity contribution in [3.05, 3.63) is 23.2 Å². The Morgan fingerprint density at radius 2 is 2.00 bits per heavy atom. The predicted molar refractivity (Wildman–Crippen MR) is 57.8 cm³/mol. The van der Waals surface area contributed by atoms with Gasteiger partial charge in [0.05, 0.1) is 27.1 Å². The Kier molecular flexibility index (Phi) is 4.21. The van der Waals surface area contributed by atoms with Crippen molar-refractivity contribution in [3.8, 4) is 0 Å². The molecule has 0 aliphatic rings. The fourth-order valence-corrected chi connectivity index (χ4v) is 2.58. The van der Waals surface area contributed by atoms with Crippen LogP contribution in [0.2, 0.25) is 5.02 Å². The van der Waals surface area contributed by atoms with Crippen LogP contribution in [0.3, 0.4) is 0 Å². The van der Waals surface area contributed by atoms with Crippen LogP contribution in [-0.4, -0.2) is 16.1 Å². The predicted octanol–water partition coefficient (Wildman–Crippen LogP) is 2.98. The van der Waals surface area contributed by atoms with Gasteiger partial charge in [-0.1, -0.05) is 11.6 Å². The van der Waals surface area contributed by atoms with E-state index >= 15 is 0 Å². The van der Waals surface area contributed by atoms with Crippen LogP contribution >= 0.6 is 11.6 Å². The molecule has 0 radical (unpaired) electrons. The molecule has 1 aromatic rings. The number of hydrogen-bond acceptors (Lipinski definition) is 2. The number of nitrogen functional groups attached to an aromatic ring is 1. The maximum Gasteiger partial charge on any atom is 0.390 e. The molecule has 7 heteroatoms. The molecule has 1 unspecified atom stereocenters. The Labute approximate surface area is 98.0 Å². The SMILES string of the molecule is Nc1ccc(Cl)c(S(=O)CCC(F)(F)F)c1. The summed E-state index contributed by atoms with van der Waals surface area (Å²) in [5.41, 5.74) is 5.75. The molecule has 0 fully saturated rings. The normalized spacial score (nSPS) is 13.8. The Hall–Kier alpha value is -0.750. The molecule has 0 aliphatic carbocycles. The zero-order valence-electron chi connectivity index (χ0n) is 8.05. The Bertz CT molecular complexity index is 408. The monoisotopic (exact) mass is 271 g/mol. The van der Waals surface area contributed by atoms with Crippen molar-refractivity contribution in [2.45, 2.75) is 17.5 Å². The molecule has 2 nitrogen and oxygen atoms in total. The van der Waals surface area contributed by atoms with E-state index < -0.39 is 29.1 Å². The van der Waals surface area contributed by atoms with E-state index in [0.717, 1.165) is 0 Å². The topological polar surface area (TPSA) is 43.1 Å². The molecule has 0 spiro atoms. The van der Waals surface area contributed by atoms with Crippen LogP contribution in [0.4, 0.5) is 18.9 Å². The molecule has 1 atom stereocenters. The van der Waals surface area contributed by atoms with Gasteiger partial charge in [-0.25, -0.2) is 0 Å². The zero-order valence-corrected chi connectivity index (χ0v) is 9.62. The molecule has 0 saturated heterocycles. The summed E-state index contributed by atoms with van der Waals surface area (Å²) < 4.78 is 47.3. The molecular formula is C9H9ClF3NOS. The van der Waals surface area contributed by atoms with E-state index in [1.165, 1.54) is 18.2 Å². The van der Waals surface area contributed by atoms with Crippen LogP contribution in [0, 0.1) is 0 Å². The highest BCUT2D eigenvalue weighted by atomic mass is 35.5. The summed E-state index contributed by atoms with van der Waals surface area (Å²) in [6.07, 6.45) is -5.42. The molecule has 0 amide bonds. The number of halogens is 4. The van der Waals surface area contributed by atoms with Crippen LogP contribution in [0.15, 0.2) is 23.1 Å². The standard InChI is InChI=1S/C9H9ClF3NOS/c10-7-2-1-6(14)5-8(7)16(15)4-3-9(11,12)13/h1-2,5H,3-4,14H2. The Balaban J connectivity index is 2.77. The van der Waals surface area contributed by atoms with Crippen molar-refractivity contribution >= 4 is 28.1 Å². The van der Waals surface area contributed by atoms with Crippen LogP contribution < -0.4 is 5.73 Å². The molecule has 2 N–H and O–H groups in total. The van der Waals surface area contributed by atoms with Gasteiger partial charge in [0, 0.05) is 11.4 Å². The lowest BCUT2D eigenvalue weighted by atomic mass is 10.3. The summed E-state index contributed by atoms with van der Waals surface area (Å²) in [4.78, 5) is 0.144. The Morgan fingerprint density at radius 1 is 1.38 bits per heavy atom. The lowest BCUT2D eigenvalue weighted by molar-refractivity contribution is -0.129. The fourth-order valence-electron chi connectivity index (χ4n) is 1.01. The average Bonchev–Trinajstić information content (AvgIpc) is 2.17. The highest BCUT2D eigenvalue weighted by Crippen LogP contribution is 2.25. The molecule has 90 valence electrons. The van der Waals surface area contributed by atoms with Crippen molar-refractivity contribution in [2.24, 2.45) is 0 Å². The van der Waals surface area contributed by atoms with Gasteiger partial charge in [0.25, 0.3) is 0 Å². The quantitative estimate of drug-likeness (QED) is 0.859. The van der Waals surface area contributed by atoms with Crippen LogP contribution in [0.1, 0.15) is 6.42 Å². The number of rotatable bonds is 3. The maximum atomic E-state index is 11.9. The van der Waals surface area contributed by atoms with Crippen molar-refractivity contribution in [2.75, 3.05) is 11.5 Å². The van der Waals surface area contributed by atoms with Crippen LogP contribution in [0.25, 0.3) is 0 Å². The van der Waals surface area contributed by atoms with E-state index in [1.807, 2.05) is 0 Å². The number of hydrogen-bond donors (Lipinski definition) is 1. The number of nitrogens with two attached hydrogens (primary N) is 1. The van der Waals surface area contributed by atoms with E-state index in [-0.39, 0.29) is 9.92 Å². The first-order valence-corrected chi connectivity index (χ1v) is 5.99. The number of alkyl halides is 3. The minimum atomic E-state index is -4.32. The minimum Gasteiger partial charge on any atom is -0.399 e. The molecule has 1 rings (SSSR count). The summed E-state index contributed by atoms with van der Waals surface area (Å²) in [6, 6.07) is 4.24. The van der Waals surface area contributed by atoms with Gasteiger partial charge >= 0.3 is 6.18 Å². The lowest BCUT2D eigenvalue weighted by Gasteiger charge is -2.07. The molecule has 1 aromatic carbocycles. The van der Waals surface area contributed by atoms with Gasteiger partial charge < -0.3 is 5.73 Å².